The summed E-state index contributed by atoms with van der Waals surface area (Å²) >= 11 is 5.86. The highest BCUT2D eigenvalue weighted by atomic mass is 32.2. The van der Waals surface area contributed by atoms with Gasteiger partial charge in [-0.3, -0.25) is 14.4 Å². The van der Waals surface area contributed by atoms with Crippen molar-refractivity contribution in [3.05, 3.63) is 0 Å². The van der Waals surface area contributed by atoms with Crippen LogP contribution in [-0.2, 0) is 28.7 Å². The number of carbonyl (C=O) groups excluding carboxylic acids is 5. The third-order valence-corrected chi connectivity index (χ3v) is 7.63. The van der Waals surface area contributed by atoms with E-state index >= 15 is 0 Å². The highest BCUT2D eigenvalue weighted by Gasteiger charge is 2.43. The summed E-state index contributed by atoms with van der Waals surface area (Å²) in [6.07, 6.45) is 0.740. The van der Waals surface area contributed by atoms with Gasteiger partial charge in [0.25, 0.3) is 0 Å². The average Bonchev–Trinajstić information content (AvgIpc) is 3.35. The number of thiol groups is 1. The molecule has 15 heteroatoms. The molecular formula is C23H36N4O9S2. The van der Waals surface area contributed by atoms with Gasteiger partial charge in [-0.2, -0.15) is 24.4 Å². The number of nitrogens with zero attached hydrogens (tertiary/aromatic N) is 1. The molecule has 5 atom stereocenters. The number of unbranched alkanes of at least 4 members (excludes halogenated alkanes) is 1. The second kappa shape index (κ2) is 13.9. The number of esters is 1. The van der Waals surface area contributed by atoms with Crippen molar-refractivity contribution in [3.8, 4) is 0 Å². The molecule has 0 unspecified atom stereocenters. The van der Waals surface area contributed by atoms with Gasteiger partial charge in [0.05, 0.1) is 17.3 Å². The molecule has 4 N–H and O–H groups in total. The molecule has 0 saturated carbocycles. The minimum Gasteiger partial charge on any atom is -0.480 e. The molecule has 2 fully saturated rings. The number of aliphatic carboxylic acids is 1. The van der Waals surface area contributed by atoms with E-state index < -0.39 is 53.3 Å². The van der Waals surface area contributed by atoms with E-state index in [1.54, 1.807) is 32.5 Å². The summed E-state index contributed by atoms with van der Waals surface area (Å²) in [4.78, 5) is 73.1. The van der Waals surface area contributed by atoms with Gasteiger partial charge in [-0.05, 0) is 33.6 Å². The SMILES string of the molecule is CC(=O)NC[C@H](S)C(=O)N(C(=O)OC(C)(C)C)[C@@H](COC(=O)CCCC[C@@H]1SC[C@@H]2NC(=O)N[C@@H]21)C(=O)O. The van der Waals surface area contributed by atoms with E-state index in [1.165, 1.54) is 6.92 Å². The van der Waals surface area contributed by atoms with Crippen LogP contribution in [0.2, 0.25) is 0 Å². The molecule has 2 aliphatic heterocycles. The molecule has 2 heterocycles. The second-order valence-corrected chi connectivity index (χ2v) is 11.9. The van der Waals surface area contributed by atoms with Crippen molar-refractivity contribution in [1.82, 2.24) is 20.9 Å². The minimum absolute atomic E-state index is 0.0144. The van der Waals surface area contributed by atoms with Crippen LogP contribution in [0.5, 0.6) is 0 Å². The van der Waals surface area contributed by atoms with E-state index in [0.717, 1.165) is 12.2 Å². The van der Waals surface area contributed by atoms with Gasteiger partial charge in [-0.15, -0.1) is 0 Å². The molecule has 2 saturated heterocycles. The summed E-state index contributed by atoms with van der Waals surface area (Å²) in [6, 6.07) is -1.85. The van der Waals surface area contributed by atoms with Gasteiger partial charge < -0.3 is 30.5 Å². The number of thioether (sulfide) groups is 1. The van der Waals surface area contributed by atoms with Crippen molar-refractivity contribution in [1.29, 1.82) is 0 Å². The number of carbonyl (C=O) groups is 6. The minimum atomic E-state index is -1.86. The molecule has 0 aliphatic carbocycles. The lowest BCUT2D eigenvalue weighted by atomic mass is 10.0. The number of imide groups is 1. The van der Waals surface area contributed by atoms with Crippen LogP contribution >= 0.6 is 24.4 Å². The lowest BCUT2D eigenvalue weighted by molar-refractivity contribution is -0.157. The van der Waals surface area contributed by atoms with Gasteiger partial charge in [0.15, 0.2) is 6.04 Å². The van der Waals surface area contributed by atoms with E-state index in [9.17, 15) is 33.9 Å². The van der Waals surface area contributed by atoms with Crippen LogP contribution in [0.4, 0.5) is 9.59 Å². The van der Waals surface area contributed by atoms with Gasteiger partial charge in [-0.25, -0.2) is 19.3 Å². The Kier molecular flexibility index (Phi) is 11.6. The van der Waals surface area contributed by atoms with Crippen LogP contribution < -0.4 is 16.0 Å². The Bertz CT molecular complexity index is 927. The first kappa shape index (κ1) is 31.5. The summed E-state index contributed by atoms with van der Waals surface area (Å²) in [5.41, 5.74) is -1.05. The molecule has 0 radical (unpaired) electrons. The van der Waals surface area contributed by atoms with Crippen LogP contribution in [0.3, 0.4) is 0 Å². The number of hydrogen-bond donors (Lipinski definition) is 5. The Morgan fingerprint density at radius 1 is 1.21 bits per heavy atom. The maximum Gasteiger partial charge on any atom is 0.418 e. The number of carboxylic acid groups (broad SMARTS) is 1. The molecule has 0 aromatic rings. The first-order chi connectivity index (χ1) is 17.7. The molecule has 38 heavy (non-hydrogen) atoms. The van der Waals surface area contributed by atoms with Gasteiger partial charge >= 0.3 is 24.1 Å². The molecule has 2 aliphatic rings. The monoisotopic (exact) mass is 576 g/mol. The summed E-state index contributed by atoms with van der Waals surface area (Å²) in [7, 11) is 0. The van der Waals surface area contributed by atoms with Crippen molar-refractivity contribution in [3.63, 3.8) is 0 Å². The van der Waals surface area contributed by atoms with E-state index in [1.807, 2.05) is 0 Å². The highest BCUT2D eigenvalue weighted by Crippen LogP contribution is 2.33. The number of urea groups is 1. The molecule has 0 aromatic carbocycles. The number of nitrogens with one attached hydrogen (secondary N) is 3. The number of carboxylic acids is 1. The lowest BCUT2D eigenvalue weighted by Crippen LogP contribution is -2.56. The highest BCUT2D eigenvalue weighted by molar-refractivity contribution is 8.00. The molecule has 0 spiro atoms. The van der Waals surface area contributed by atoms with Gasteiger partial charge in [0, 0.05) is 30.9 Å². The maximum atomic E-state index is 13.0. The molecule has 0 aromatic heterocycles. The standard InChI is InChI=1S/C23H36N4O9S2/c1-12(28)24-9-15(37)19(30)27(22(34)36-23(2,3)4)14(20(31)32)10-35-17(29)8-6-5-7-16-18-13(11-38-16)25-21(33)26-18/h13-16,18,37H,5-11H2,1-4H3,(H,24,28)(H,31,32)(H2,25,26,33)/t13-,14-,15-,16-,18-/m0/s1. The predicted molar refractivity (Wildman–Crippen MR) is 141 cm³/mol. The smallest absolute Gasteiger partial charge is 0.418 e. The van der Waals surface area contributed by atoms with E-state index in [0.29, 0.717) is 17.7 Å². The topological polar surface area (TPSA) is 180 Å². The fourth-order valence-corrected chi connectivity index (χ4v) is 5.69. The fourth-order valence-electron chi connectivity index (χ4n) is 3.93. The zero-order valence-corrected chi connectivity index (χ0v) is 23.6. The number of hydrogen-bond acceptors (Lipinski definition) is 10. The maximum absolute atomic E-state index is 13.0. The third-order valence-electron chi connectivity index (χ3n) is 5.71. The Hall–Kier alpha value is -2.68. The van der Waals surface area contributed by atoms with Crippen LogP contribution in [0, 0.1) is 0 Å². The largest absolute Gasteiger partial charge is 0.480 e. The fraction of sp³-hybridized carbons (Fsp3) is 0.739. The number of fused-ring (bicyclic) bond motifs is 1. The Labute approximate surface area is 230 Å². The Balaban J connectivity index is 1.93. The summed E-state index contributed by atoms with van der Waals surface area (Å²) < 4.78 is 10.3. The van der Waals surface area contributed by atoms with Crippen LogP contribution in [-0.4, -0.2) is 99.0 Å². The van der Waals surface area contributed by atoms with Crippen molar-refractivity contribution in [2.24, 2.45) is 0 Å². The summed E-state index contributed by atoms with van der Waals surface area (Å²) in [6.45, 7) is 4.81. The van der Waals surface area contributed by atoms with E-state index in [4.69, 9.17) is 9.47 Å². The number of rotatable bonds is 12. The first-order valence-corrected chi connectivity index (χ1v) is 13.8. The van der Waals surface area contributed by atoms with Gasteiger partial charge in [0.1, 0.15) is 12.2 Å². The predicted octanol–water partition coefficient (Wildman–Crippen LogP) is 0.907. The van der Waals surface area contributed by atoms with Crippen LogP contribution in [0.15, 0.2) is 0 Å². The second-order valence-electron chi connectivity index (χ2n) is 10.0. The first-order valence-electron chi connectivity index (χ1n) is 12.2. The molecular weight excluding hydrogens is 540 g/mol. The van der Waals surface area contributed by atoms with E-state index in [-0.39, 0.29) is 36.3 Å². The molecule has 0 bridgehead atoms. The van der Waals surface area contributed by atoms with E-state index in [2.05, 4.69) is 28.6 Å². The quantitative estimate of drug-likeness (QED) is 0.0970. The molecule has 5 amide bonds. The van der Waals surface area contributed by atoms with Gasteiger partial charge in [-0.1, -0.05) is 6.42 Å². The molecule has 13 nitrogen and oxygen atoms in total. The molecule has 2 rings (SSSR count). The zero-order valence-electron chi connectivity index (χ0n) is 21.9. The molecule has 214 valence electrons. The van der Waals surface area contributed by atoms with Crippen molar-refractivity contribution < 1.29 is 43.3 Å². The Morgan fingerprint density at radius 2 is 1.89 bits per heavy atom. The average molecular weight is 577 g/mol. The normalized spacial score (nSPS) is 21.8. The Morgan fingerprint density at radius 3 is 2.50 bits per heavy atom. The van der Waals surface area contributed by atoms with Crippen molar-refractivity contribution in [2.75, 3.05) is 18.9 Å². The van der Waals surface area contributed by atoms with Crippen LogP contribution in [0.1, 0.15) is 53.4 Å². The van der Waals surface area contributed by atoms with Crippen molar-refractivity contribution >= 4 is 60.3 Å². The number of amides is 5. The summed E-state index contributed by atoms with van der Waals surface area (Å²) in [5, 5.41) is 16.9. The van der Waals surface area contributed by atoms with Gasteiger partial charge in [0.2, 0.25) is 11.8 Å². The van der Waals surface area contributed by atoms with Crippen LogP contribution in [0.25, 0.3) is 0 Å². The third kappa shape index (κ3) is 9.57. The summed E-state index contributed by atoms with van der Waals surface area (Å²) in [5.74, 6) is -2.91. The number of ether oxygens (including phenoxy) is 2. The van der Waals surface area contributed by atoms with Crippen molar-refractivity contribution in [2.45, 2.75) is 87.6 Å². The lowest BCUT2D eigenvalue weighted by Gasteiger charge is -2.31. The zero-order chi connectivity index (χ0) is 28.6.